The zero-order valence-corrected chi connectivity index (χ0v) is 17.7. The molecule has 5 fully saturated rings. The number of nitrogens with zero attached hydrogens (tertiary/aromatic N) is 1. The second kappa shape index (κ2) is 7.16. The summed E-state index contributed by atoms with van der Waals surface area (Å²) in [6.45, 7) is 3.65. The van der Waals surface area contributed by atoms with Gasteiger partial charge in [-0.3, -0.25) is 9.59 Å². The number of rotatable bonds is 4. The van der Waals surface area contributed by atoms with E-state index in [2.05, 4.69) is 12.2 Å². The summed E-state index contributed by atoms with van der Waals surface area (Å²) in [5.41, 5.74) is 0.361. The maximum Gasteiger partial charge on any atom is 0.263 e. The molecule has 2 heterocycles. The summed E-state index contributed by atoms with van der Waals surface area (Å²) >= 11 is 1.50. The van der Waals surface area contributed by atoms with Crippen molar-refractivity contribution in [3.05, 3.63) is 22.4 Å². The van der Waals surface area contributed by atoms with Crippen LogP contribution < -0.4 is 5.32 Å². The minimum absolute atomic E-state index is 0.0590. The summed E-state index contributed by atoms with van der Waals surface area (Å²) < 4.78 is 0. The van der Waals surface area contributed by atoms with Crippen molar-refractivity contribution in [2.45, 2.75) is 64.3 Å². The van der Waals surface area contributed by atoms with Crippen LogP contribution in [0.2, 0.25) is 0 Å². The van der Waals surface area contributed by atoms with Gasteiger partial charge in [0.05, 0.1) is 4.88 Å². The van der Waals surface area contributed by atoms with E-state index in [9.17, 15) is 9.59 Å². The highest BCUT2D eigenvalue weighted by Gasteiger charge is 2.53. The lowest BCUT2D eigenvalue weighted by atomic mass is 9.48. The highest BCUT2D eigenvalue weighted by molar-refractivity contribution is 7.12. The highest BCUT2D eigenvalue weighted by Crippen LogP contribution is 2.61. The van der Waals surface area contributed by atoms with E-state index in [4.69, 9.17) is 0 Å². The Kier molecular flexibility index (Phi) is 4.77. The van der Waals surface area contributed by atoms with E-state index < -0.39 is 0 Å². The van der Waals surface area contributed by atoms with Crippen LogP contribution in [-0.4, -0.2) is 35.8 Å². The minimum atomic E-state index is 0.0590. The van der Waals surface area contributed by atoms with Gasteiger partial charge in [-0.15, -0.1) is 11.3 Å². The van der Waals surface area contributed by atoms with E-state index in [1.165, 1.54) is 49.9 Å². The van der Waals surface area contributed by atoms with Gasteiger partial charge in [0.1, 0.15) is 0 Å². The van der Waals surface area contributed by atoms with Crippen LogP contribution in [-0.2, 0) is 4.79 Å². The summed E-state index contributed by atoms with van der Waals surface area (Å²) in [7, 11) is 0. The highest BCUT2D eigenvalue weighted by atomic mass is 32.1. The van der Waals surface area contributed by atoms with Gasteiger partial charge in [0, 0.05) is 25.0 Å². The van der Waals surface area contributed by atoms with Crippen LogP contribution in [0.15, 0.2) is 17.5 Å². The van der Waals surface area contributed by atoms with Crippen LogP contribution in [0.25, 0.3) is 0 Å². The second-order valence-electron chi connectivity index (χ2n) is 10.1. The first kappa shape index (κ1) is 18.7. The third kappa shape index (κ3) is 3.30. The molecule has 5 heteroatoms. The molecule has 1 saturated heterocycles. The lowest BCUT2D eigenvalue weighted by molar-refractivity contribution is -0.131. The Hall–Kier alpha value is -1.36. The molecule has 1 N–H and O–H groups in total. The van der Waals surface area contributed by atoms with Crippen molar-refractivity contribution in [2.24, 2.45) is 29.1 Å². The first-order valence-electron chi connectivity index (χ1n) is 11.2. The molecule has 1 aromatic rings. The molecular weight excluding hydrogens is 368 g/mol. The molecule has 2 amide bonds. The Labute approximate surface area is 172 Å². The van der Waals surface area contributed by atoms with E-state index in [-0.39, 0.29) is 17.7 Å². The second-order valence-corrected chi connectivity index (χ2v) is 11.0. The van der Waals surface area contributed by atoms with E-state index in [1.54, 1.807) is 0 Å². The molecule has 152 valence electrons. The molecule has 28 heavy (non-hydrogen) atoms. The van der Waals surface area contributed by atoms with Crippen LogP contribution in [0.4, 0.5) is 0 Å². The van der Waals surface area contributed by atoms with E-state index >= 15 is 0 Å². The number of hydrogen-bond donors (Lipinski definition) is 1. The van der Waals surface area contributed by atoms with Gasteiger partial charge in [0.15, 0.2) is 0 Å². The quantitative estimate of drug-likeness (QED) is 0.818. The van der Waals surface area contributed by atoms with Crippen molar-refractivity contribution >= 4 is 23.2 Å². The molecule has 4 aliphatic carbocycles. The van der Waals surface area contributed by atoms with Crippen molar-refractivity contribution in [2.75, 3.05) is 13.1 Å². The molecule has 4 saturated carbocycles. The molecule has 0 unspecified atom stereocenters. The topological polar surface area (TPSA) is 49.4 Å². The average molecular weight is 401 g/mol. The maximum absolute atomic E-state index is 13.0. The number of carbonyl (C=O) groups is 2. The maximum atomic E-state index is 13.0. The Morgan fingerprint density at radius 2 is 1.71 bits per heavy atom. The van der Waals surface area contributed by atoms with E-state index in [0.29, 0.717) is 24.5 Å². The van der Waals surface area contributed by atoms with Crippen molar-refractivity contribution in [3.63, 3.8) is 0 Å². The first-order valence-corrected chi connectivity index (χ1v) is 12.0. The van der Waals surface area contributed by atoms with Crippen molar-refractivity contribution in [1.29, 1.82) is 0 Å². The van der Waals surface area contributed by atoms with Gasteiger partial charge in [-0.2, -0.15) is 0 Å². The van der Waals surface area contributed by atoms with Crippen LogP contribution in [0, 0.1) is 29.1 Å². The van der Waals surface area contributed by atoms with Crippen LogP contribution in [0.5, 0.6) is 0 Å². The largest absolute Gasteiger partial charge is 0.353 e. The molecule has 1 aromatic heterocycles. The lowest BCUT2D eigenvalue weighted by Crippen LogP contribution is -2.56. The monoisotopic (exact) mass is 400 g/mol. The van der Waals surface area contributed by atoms with Crippen molar-refractivity contribution < 1.29 is 9.59 Å². The molecule has 1 atom stereocenters. The molecule has 0 spiro atoms. The summed E-state index contributed by atoms with van der Waals surface area (Å²) in [5.74, 6) is 3.15. The van der Waals surface area contributed by atoms with Gasteiger partial charge in [-0.1, -0.05) is 6.07 Å². The third-order valence-electron chi connectivity index (χ3n) is 8.25. The summed E-state index contributed by atoms with van der Waals surface area (Å²) in [5, 5.41) is 5.38. The van der Waals surface area contributed by atoms with Crippen LogP contribution >= 0.6 is 11.3 Å². The third-order valence-corrected chi connectivity index (χ3v) is 9.11. The molecule has 4 bridgehead atoms. The predicted octanol–water partition coefficient (Wildman–Crippen LogP) is 4.32. The fourth-order valence-electron chi connectivity index (χ4n) is 7.09. The Morgan fingerprint density at radius 3 is 2.25 bits per heavy atom. The summed E-state index contributed by atoms with van der Waals surface area (Å²) in [6, 6.07) is 4.10. The van der Waals surface area contributed by atoms with Crippen LogP contribution in [0.1, 0.15) is 68.0 Å². The Balaban J connectivity index is 1.16. The van der Waals surface area contributed by atoms with Gasteiger partial charge in [0.25, 0.3) is 5.91 Å². The number of thiophene rings is 1. The van der Waals surface area contributed by atoms with Crippen molar-refractivity contribution in [3.8, 4) is 0 Å². The standard InChI is InChI=1S/C23H32N2O2S/c1-15(23-12-16-9-17(13-23)11-18(10-16)14-23)24-21(26)19-4-6-25(7-5-19)22(27)20-3-2-8-28-20/h2-3,8,15-19H,4-7,9-14H2,1H3,(H,24,26)/t15-,16?,17?,18?,23?/m0/s1. The number of nitrogens with one attached hydrogen (secondary N) is 1. The molecule has 6 rings (SSSR count). The number of likely N-dealkylation sites (tertiary alicyclic amines) is 1. The molecule has 5 aliphatic rings. The minimum Gasteiger partial charge on any atom is -0.353 e. The number of hydrogen-bond acceptors (Lipinski definition) is 3. The van der Waals surface area contributed by atoms with E-state index in [0.717, 1.165) is 35.5 Å². The Morgan fingerprint density at radius 1 is 1.11 bits per heavy atom. The first-order chi connectivity index (χ1) is 13.5. The van der Waals surface area contributed by atoms with Gasteiger partial charge in [-0.05, 0) is 92.9 Å². The molecular formula is C23H32N2O2S. The normalized spacial score (nSPS) is 35.8. The average Bonchev–Trinajstić information content (AvgIpc) is 3.21. The van der Waals surface area contributed by atoms with Crippen LogP contribution in [0.3, 0.4) is 0 Å². The Bertz CT molecular complexity index is 701. The number of piperidine rings is 1. The molecule has 0 aromatic carbocycles. The number of carbonyl (C=O) groups excluding carboxylic acids is 2. The summed E-state index contributed by atoms with van der Waals surface area (Å²) in [4.78, 5) is 28.2. The fraction of sp³-hybridized carbons (Fsp3) is 0.739. The fourth-order valence-corrected chi connectivity index (χ4v) is 7.78. The number of amides is 2. The zero-order valence-electron chi connectivity index (χ0n) is 16.9. The molecule has 1 aliphatic heterocycles. The van der Waals surface area contributed by atoms with Gasteiger partial charge in [-0.25, -0.2) is 0 Å². The van der Waals surface area contributed by atoms with E-state index in [1.807, 2.05) is 22.4 Å². The van der Waals surface area contributed by atoms with Gasteiger partial charge < -0.3 is 10.2 Å². The smallest absolute Gasteiger partial charge is 0.263 e. The lowest BCUT2D eigenvalue weighted by Gasteiger charge is -2.59. The summed E-state index contributed by atoms with van der Waals surface area (Å²) in [6.07, 6.45) is 9.88. The van der Waals surface area contributed by atoms with Crippen molar-refractivity contribution in [1.82, 2.24) is 10.2 Å². The van der Waals surface area contributed by atoms with Gasteiger partial charge >= 0.3 is 0 Å². The molecule has 4 nitrogen and oxygen atoms in total. The predicted molar refractivity (Wildman–Crippen MR) is 111 cm³/mol. The SMILES string of the molecule is C[C@H](NC(=O)C1CCN(C(=O)c2cccs2)CC1)C12CC3CC(CC(C3)C1)C2. The zero-order chi connectivity index (χ0) is 19.3. The van der Waals surface area contributed by atoms with Gasteiger partial charge in [0.2, 0.25) is 5.91 Å². The molecule has 0 radical (unpaired) electrons.